The Hall–Kier alpha value is -3.40. The molecular formula is C16H16N8O5S2. The second-order valence-corrected chi connectivity index (χ2v) is 10.0. The summed E-state index contributed by atoms with van der Waals surface area (Å²) >= 11 is 0. The molecule has 0 saturated heterocycles. The van der Waals surface area contributed by atoms with Gasteiger partial charge in [-0.25, -0.2) is 22.0 Å². The van der Waals surface area contributed by atoms with Crippen LogP contribution in [0.5, 0.6) is 0 Å². The van der Waals surface area contributed by atoms with Crippen molar-refractivity contribution < 1.29 is 21.3 Å². The van der Waals surface area contributed by atoms with E-state index in [4.69, 9.17) is 21.0 Å². The van der Waals surface area contributed by atoms with Gasteiger partial charge in [0.2, 0.25) is 15.8 Å². The molecule has 0 aliphatic carbocycles. The van der Waals surface area contributed by atoms with Gasteiger partial charge in [-0.1, -0.05) is 12.1 Å². The van der Waals surface area contributed by atoms with E-state index in [0.717, 1.165) is 6.07 Å². The average molecular weight is 464 g/mol. The molecule has 0 aliphatic rings. The third-order valence-corrected chi connectivity index (χ3v) is 7.32. The number of oxazole rings is 1. The van der Waals surface area contributed by atoms with E-state index in [-0.39, 0.29) is 29.5 Å². The Morgan fingerprint density at radius 2 is 1.87 bits per heavy atom. The molecule has 0 radical (unpaired) electrons. The highest BCUT2D eigenvalue weighted by Gasteiger charge is 2.31. The minimum absolute atomic E-state index is 0.0426. The van der Waals surface area contributed by atoms with Gasteiger partial charge in [-0.2, -0.15) is 10.2 Å². The molecule has 2 aromatic carbocycles. The molecule has 162 valence electrons. The Morgan fingerprint density at radius 3 is 2.52 bits per heavy atom. The maximum absolute atomic E-state index is 12.7. The van der Waals surface area contributed by atoms with Crippen LogP contribution in [0.1, 0.15) is 0 Å². The van der Waals surface area contributed by atoms with Crippen LogP contribution in [0.2, 0.25) is 0 Å². The van der Waals surface area contributed by atoms with E-state index >= 15 is 0 Å². The van der Waals surface area contributed by atoms with E-state index < -0.39 is 35.4 Å². The van der Waals surface area contributed by atoms with Crippen molar-refractivity contribution in [1.82, 2.24) is 25.6 Å². The first kappa shape index (κ1) is 20.9. The summed E-state index contributed by atoms with van der Waals surface area (Å²) in [6.07, 6.45) is 0. The summed E-state index contributed by atoms with van der Waals surface area (Å²) in [6.45, 7) is -0.212. The molecule has 2 heterocycles. The Bertz CT molecular complexity index is 1490. The fourth-order valence-corrected chi connectivity index (χ4v) is 5.95. The molecule has 0 fully saturated rings. The smallest absolute Gasteiger partial charge is 0.292 e. The number of benzene rings is 2. The number of fused-ring (bicyclic) bond motifs is 1. The molecule has 2 aromatic heterocycles. The van der Waals surface area contributed by atoms with Crippen LogP contribution >= 0.6 is 0 Å². The maximum atomic E-state index is 12.7. The number of primary sulfonamides is 1. The number of anilines is 1. The number of sulfonamides is 1. The zero-order valence-corrected chi connectivity index (χ0v) is 17.3. The number of nitrogens with zero attached hydrogens (tertiary/aromatic N) is 4. The van der Waals surface area contributed by atoms with Gasteiger partial charge < -0.3 is 15.9 Å². The average Bonchev–Trinajstić information content (AvgIpc) is 3.34. The Kier molecular flexibility index (Phi) is 4.97. The zero-order valence-electron chi connectivity index (χ0n) is 15.7. The van der Waals surface area contributed by atoms with E-state index in [2.05, 4.69) is 25.6 Å². The van der Waals surface area contributed by atoms with Crippen molar-refractivity contribution in [2.45, 2.75) is 9.79 Å². The largest absolute Gasteiger partial charge is 0.424 e. The normalized spacial score (nSPS) is 12.5. The van der Waals surface area contributed by atoms with Gasteiger partial charge in [-0.3, -0.25) is 0 Å². The first-order valence-corrected chi connectivity index (χ1v) is 11.8. The molecule has 0 atom stereocenters. The fourth-order valence-electron chi connectivity index (χ4n) is 3.20. The van der Waals surface area contributed by atoms with Crippen LogP contribution in [0, 0.1) is 0 Å². The number of nitrogens with two attached hydrogens (primary N) is 3. The molecule has 0 saturated carbocycles. The van der Waals surface area contributed by atoms with Crippen LogP contribution in [-0.2, 0) is 19.9 Å². The lowest BCUT2D eigenvalue weighted by Gasteiger charge is -2.16. The lowest BCUT2D eigenvalue weighted by molar-refractivity contribution is 0.583. The van der Waals surface area contributed by atoms with Gasteiger partial charge in [0, 0.05) is 6.54 Å². The lowest BCUT2D eigenvalue weighted by Crippen LogP contribution is -2.22. The van der Waals surface area contributed by atoms with E-state index in [0.29, 0.717) is 16.7 Å². The topological polar surface area (TPSA) is 227 Å². The summed E-state index contributed by atoms with van der Waals surface area (Å²) in [7, 11) is -8.64. The van der Waals surface area contributed by atoms with Crippen molar-refractivity contribution in [3.63, 3.8) is 0 Å². The van der Waals surface area contributed by atoms with Crippen LogP contribution in [0.3, 0.4) is 0 Å². The van der Waals surface area contributed by atoms with E-state index in [1.54, 1.807) is 18.2 Å². The summed E-state index contributed by atoms with van der Waals surface area (Å²) in [6, 6.07) is 7.34. The van der Waals surface area contributed by atoms with E-state index in [1.165, 1.54) is 6.07 Å². The van der Waals surface area contributed by atoms with Crippen molar-refractivity contribution in [3.05, 3.63) is 30.3 Å². The van der Waals surface area contributed by atoms with Crippen molar-refractivity contribution in [1.29, 1.82) is 0 Å². The number of tetrazole rings is 1. The van der Waals surface area contributed by atoms with Gasteiger partial charge in [-0.15, -0.1) is 10.2 Å². The summed E-state index contributed by atoms with van der Waals surface area (Å²) in [5.74, 6) is -0.645. The number of hydrogen-bond donors (Lipinski definition) is 4. The third-order valence-electron chi connectivity index (χ3n) is 4.41. The standard InChI is InChI=1S/C16H16N8O5S2/c17-5-6-30(25,26)12-4-2-9(8-1-3-11-10(7-8)20-16(18)29-11)13(14(12)31(19,27)28)15-21-23-24-22-15/h1-4,7H,5-6,17H2,(H2,18,20)(H2,19,27,28)(H,21,22,23,24). The molecular weight excluding hydrogens is 448 g/mol. The Morgan fingerprint density at radius 1 is 1.10 bits per heavy atom. The highest BCUT2D eigenvalue weighted by molar-refractivity contribution is 7.93. The molecule has 0 aliphatic heterocycles. The third kappa shape index (κ3) is 3.74. The molecule has 0 bridgehead atoms. The molecule has 0 unspecified atom stereocenters. The monoisotopic (exact) mass is 464 g/mol. The van der Waals surface area contributed by atoms with Gasteiger partial charge >= 0.3 is 0 Å². The minimum Gasteiger partial charge on any atom is -0.424 e. The Labute approximate surface area is 175 Å². The van der Waals surface area contributed by atoms with Gasteiger partial charge in [0.05, 0.1) is 16.2 Å². The quantitative estimate of drug-likeness (QED) is 0.288. The zero-order chi connectivity index (χ0) is 22.4. The summed E-state index contributed by atoms with van der Waals surface area (Å²) < 4.78 is 55.9. The number of hydrogen-bond acceptors (Lipinski definition) is 11. The fraction of sp³-hybridized carbons (Fsp3) is 0.125. The predicted octanol–water partition coefficient (Wildman–Crippen LogP) is -0.363. The highest BCUT2D eigenvalue weighted by Crippen LogP contribution is 2.39. The Balaban J connectivity index is 2.11. The number of H-pyrrole nitrogens is 1. The number of aromatic nitrogens is 5. The van der Waals surface area contributed by atoms with Crippen molar-refractivity contribution >= 4 is 37.0 Å². The first-order chi connectivity index (χ1) is 14.6. The SMILES string of the molecule is NCCS(=O)(=O)c1ccc(-c2ccc3oc(N)nc3c2)c(-c2nn[nH]n2)c1S(N)(=O)=O. The molecule has 0 spiro atoms. The second-order valence-electron chi connectivity index (χ2n) is 6.44. The molecule has 13 nitrogen and oxygen atoms in total. The number of rotatable bonds is 6. The van der Waals surface area contributed by atoms with Crippen LogP contribution in [0.15, 0.2) is 44.5 Å². The minimum atomic E-state index is -4.56. The predicted molar refractivity (Wildman–Crippen MR) is 110 cm³/mol. The highest BCUT2D eigenvalue weighted by atomic mass is 32.2. The molecule has 15 heteroatoms. The summed E-state index contributed by atoms with van der Waals surface area (Å²) in [4.78, 5) is 2.90. The van der Waals surface area contributed by atoms with E-state index in [9.17, 15) is 16.8 Å². The van der Waals surface area contributed by atoms with Crippen molar-refractivity contribution in [2.24, 2.45) is 10.9 Å². The van der Waals surface area contributed by atoms with Gasteiger partial charge in [0.25, 0.3) is 6.01 Å². The molecule has 4 rings (SSSR count). The summed E-state index contributed by atoms with van der Waals surface area (Å²) in [5.41, 5.74) is 12.4. The molecule has 7 N–H and O–H groups in total. The molecule has 0 amide bonds. The van der Waals surface area contributed by atoms with Crippen LogP contribution in [0.4, 0.5) is 6.01 Å². The second kappa shape index (κ2) is 7.38. The number of nitrogens with one attached hydrogen (secondary N) is 1. The van der Waals surface area contributed by atoms with Crippen molar-refractivity contribution in [3.8, 4) is 22.5 Å². The first-order valence-electron chi connectivity index (χ1n) is 8.64. The number of aromatic amines is 1. The van der Waals surface area contributed by atoms with Gasteiger partial charge in [0.1, 0.15) is 10.4 Å². The van der Waals surface area contributed by atoms with Gasteiger partial charge in [-0.05, 0) is 34.5 Å². The number of nitrogen functional groups attached to an aromatic ring is 1. The van der Waals surface area contributed by atoms with Crippen LogP contribution in [-0.4, -0.2) is 54.7 Å². The summed E-state index contributed by atoms with van der Waals surface area (Å²) in [5, 5.41) is 18.8. The maximum Gasteiger partial charge on any atom is 0.292 e. The number of sulfone groups is 1. The molecule has 31 heavy (non-hydrogen) atoms. The van der Waals surface area contributed by atoms with Crippen molar-refractivity contribution in [2.75, 3.05) is 18.0 Å². The molecule has 4 aromatic rings. The van der Waals surface area contributed by atoms with Crippen LogP contribution < -0.4 is 16.6 Å². The van der Waals surface area contributed by atoms with Gasteiger partial charge in [0.15, 0.2) is 15.4 Å². The van der Waals surface area contributed by atoms with E-state index in [1.807, 2.05) is 0 Å². The van der Waals surface area contributed by atoms with Crippen LogP contribution in [0.25, 0.3) is 33.6 Å². The lowest BCUT2D eigenvalue weighted by atomic mass is 9.98.